The second kappa shape index (κ2) is 7.95. The minimum Gasteiger partial charge on any atom is -0.469 e. The van der Waals surface area contributed by atoms with Gasteiger partial charge in [-0.15, -0.1) is 0 Å². The molecule has 4 heteroatoms. The molecule has 1 aliphatic heterocycles. The summed E-state index contributed by atoms with van der Waals surface area (Å²) in [6.07, 6.45) is 3.32. The highest BCUT2D eigenvalue weighted by Crippen LogP contribution is 2.29. The highest BCUT2D eigenvalue weighted by atomic mass is 16.5. The highest BCUT2D eigenvalue weighted by Gasteiger charge is 2.33. The standard InChI is InChI=1S/C19H25NO3/c1-4-14(2)12-20-13-16(19(22)23-3)10-17(20)11-18(21)15-8-6-5-7-9-15/h5-9,11,14,16H,4,10,12-13H2,1-3H3/b17-11-. The first-order chi connectivity index (χ1) is 11.0. The van der Waals surface area contributed by atoms with Crippen molar-refractivity contribution >= 4 is 11.8 Å². The van der Waals surface area contributed by atoms with E-state index in [9.17, 15) is 9.59 Å². The fraction of sp³-hybridized carbons (Fsp3) is 0.474. The number of esters is 1. The van der Waals surface area contributed by atoms with E-state index in [1.165, 1.54) is 7.11 Å². The predicted molar refractivity (Wildman–Crippen MR) is 90.0 cm³/mol. The molecule has 2 atom stereocenters. The molecule has 1 aromatic carbocycles. The largest absolute Gasteiger partial charge is 0.469 e. The lowest BCUT2D eigenvalue weighted by Gasteiger charge is -2.23. The number of likely N-dealkylation sites (tertiary alicyclic amines) is 1. The fourth-order valence-electron chi connectivity index (χ4n) is 2.84. The molecule has 0 aliphatic carbocycles. The monoisotopic (exact) mass is 315 g/mol. The van der Waals surface area contributed by atoms with Crippen LogP contribution in [-0.2, 0) is 9.53 Å². The van der Waals surface area contributed by atoms with Gasteiger partial charge < -0.3 is 9.64 Å². The van der Waals surface area contributed by atoms with Gasteiger partial charge in [0.25, 0.3) is 0 Å². The number of nitrogens with zero attached hydrogens (tertiary/aromatic N) is 1. The van der Waals surface area contributed by atoms with Crippen molar-refractivity contribution in [2.75, 3.05) is 20.2 Å². The molecule has 124 valence electrons. The average molecular weight is 315 g/mol. The number of carbonyl (C=O) groups excluding carboxylic acids is 2. The van der Waals surface area contributed by atoms with Gasteiger partial charge in [-0.1, -0.05) is 50.6 Å². The molecule has 1 fully saturated rings. The molecule has 2 unspecified atom stereocenters. The van der Waals surface area contributed by atoms with Crippen LogP contribution in [0.2, 0.25) is 0 Å². The van der Waals surface area contributed by atoms with Gasteiger partial charge in [0.05, 0.1) is 13.0 Å². The summed E-state index contributed by atoms with van der Waals surface area (Å²) in [6, 6.07) is 9.22. The SMILES string of the molecule is CCC(C)CN1CC(C(=O)OC)C/C1=C/C(=O)c1ccccc1. The Bertz CT molecular complexity index is 580. The minimum atomic E-state index is -0.199. The van der Waals surface area contributed by atoms with Gasteiger partial charge in [-0.3, -0.25) is 9.59 Å². The second-order valence-electron chi connectivity index (χ2n) is 6.21. The van der Waals surface area contributed by atoms with E-state index < -0.39 is 0 Å². The topological polar surface area (TPSA) is 46.6 Å². The van der Waals surface area contributed by atoms with Gasteiger partial charge in [-0.05, 0) is 5.92 Å². The van der Waals surface area contributed by atoms with E-state index in [-0.39, 0.29) is 17.7 Å². The van der Waals surface area contributed by atoms with E-state index in [1.807, 2.05) is 30.3 Å². The summed E-state index contributed by atoms with van der Waals surface area (Å²) in [6.45, 7) is 5.82. The van der Waals surface area contributed by atoms with Gasteiger partial charge in [0.2, 0.25) is 0 Å². The number of allylic oxidation sites excluding steroid dienone is 2. The Labute approximate surface area is 138 Å². The van der Waals surface area contributed by atoms with Crippen LogP contribution in [0.25, 0.3) is 0 Å². The molecule has 1 heterocycles. The quantitative estimate of drug-likeness (QED) is 0.459. The number of ether oxygens (including phenoxy) is 1. The van der Waals surface area contributed by atoms with Gasteiger partial charge >= 0.3 is 5.97 Å². The van der Waals surface area contributed by atoms with Crippen LogP contribution >= 0.6 is 0 Å². The lowest BCUT2D eigenvalue weighted by atomic mass is 10.1. The summed E-state index contributed by atoms with van der Waals surface area (Å²) >= 11 is 0. The molecule has 0 aromatic heterocycles. The van der Waals surface area contributed by atoms with Gasteiger partial charge in [0, 0.05) is 36.8 Å². The number of rotatable bonds is 6. The third-order valence-corrected chi connectivity index (χ3v) is 4.42. The molecular weight excluding hydrogens is 290 g/mol. The van der Waals surface area contributed by atoms with Crippen molar-refractivity contribution in [1.29, 1.82) is 0 Å². The van der Waals surface area contributed by atoms with Crippen molar-refractivity contribution in [2.45, 2.75) is 26.7 Å². The Morgan fingerprint density at radius 1 is 1.35 bits per heavy atom. The number of hydrogen-bond acceptors (Lipinski definition) is 4. The normalized spacial score (nSPS) is 20.6. The van der Waals surface area contributed by atoms with Crippen LogP contribution in [-0.4, -0.2) is 36.9 Å². The van der Waals surface area contributed by atoms with Crippen molar-refractivity contribution < 1.29 is 14.3 Å². The second-order valence-corrected chi connectivity index (χ2v) is 6.21. The third kappa shape index (κ3) is 4.44. The summed E-state index contributed by atoms with van der Waals surface area (Å²) in [7, 11) is 1.41. The summed E-state index contributed by atoms with van der Waals surface area (Å²) in [5.41, 5.74) is 1.61. The predicted octanol–water partition coefficient (Wildman–Crippen LogP) is 3.29. The van der Waals surface area contributed by atoms with Crippen molar-refractivity contribution in [3.8, 4) is 0 Å². The molecule has 1 saturated heterocycles. The molecule has 0 radical (unpaired) electrons. The van der Waals surface area contributed by atoms with Gasteiger partial charge in [0.1, 0.15) is 0 Å². The van der Waals surface area contributed by atoms with Gasteiger partial charge in [-0.25, -0.2) is 0 Å². The maximum absolute atomic E-state index is 12.4. The number of hydrogen-bond donors (Lipinski definition) is 0. The number of carbonyl (C=O) groups is 2. The zero-order chi connectivity index (χ0) is 16.8. The number of ketones is 1. The molecule has 23 heavy (non-hydrogen) atoms. The van der Waals surface area contributed by atoms with Crippen molar-refractivity contribution in [1.82, 2.24) is 4.90 Å². The molecule has 1 aromatic rings. The summed E-state index contributed by atoms with van der Waals surface area (Å²) in [5, 5.41) is 0. The van der Waals surface area contributed by atoms with Crippen LogP contribution < -0.4 is 0 Å². The van der Waals surface area contributed by atoms with Crippen LogP contribution in [0, 0.1) is 11.8 Å². The first-order valence-electron chi connectivity index (χ1n) is 8.17. The smallest absolute Gasteiger partial charge is 0.310 e. The molecule has 4 nitrogen and oxygen atoms in total. The number of benzene rings is 1. The Balaban J connectivity index is 2.19. The Hall–Kier alpha value is -2.10. The minimum absolute atomic E-state index is 0.0136. The van der Waals surface area contributed by atoms with Crippen LogP contribution in [0.4, 0.5) is 0 Å². The first kappa shape index (κ1) is 17.3. The Morgan fingerprint density at radius 3 is 2.65 bits per heavy atom. The summed E-state index contributed by atoms with van der Waals surface area (Å²) in [5.74, 6) is 0.121. The zero-order valence-electron chi connectivity index (χ0n) is 14.1. The molecule has 0 N–H and O–H groups in total. The van der Waals surface area contributed by atoms with E-state index >= 15 is 0 Å². The lowest BCUT2D eigenvalue weighted by molar-refractivity contribution is -0.144. The van der Waals surface area contributed by atoms with E-state index in [1.54, 1.807) is 6.08 Å². The maximum atomic E-state index is 12.4. The molecule has 0 bridgehead atoms. The van der Waals surface area contributed by atoms with E-state index in [0.717, 1.165) is 18.7 Å². The molecule has 0 saturated carbocycles. The molecule has 2 rings (SSSR count). The molecular formula is C19H25NO3. The van der Waals surface area contributed by atoms with Crippen LogP contribution in [0.15, 0.2) is 42.1 Å². The van der Waals surface area contributed by atoms with Crippen LogP contribution in [0.5, 0.6) is 0 Å². The Morgan fingerprint density at radius 2 is 2.04 bits per heavy atom. The fourth-order valence-corrected chi connectivity index (χ4v) is 2.84. The van der Waals surface area contributed by atoms with Crippen molar-refractivity contribution in [3.63, 3.8) is 0 Å². The maximum Gasteiger partial charge on any atom is 0.310 e. The third-order valence-electron chi connectivity index (χ3n) is 4.42. The summed E-state index contributed by atoms with van der Waals surface area (Å²) < 4.78 is 4.87. The summed E-state index contributed by atoms with van der Waals surface area (Å²) in [4.78, 5) is 26.4. The first-order valence-corrected chi connectivity index (χ1v) is 8.17. The zero-order valence-corrected chi connectivity index (χ0v) is 14.1. The van der Waals surface area contributed by atoms with Crippen molar-refractivity contribution in [2.24, 2.45) is 11.8 Å². The van der Waals surface area contributed by atoms with Crippen LogP contribution in [0.3, 0.4) is 0 Å². The Kier molecular flexibility index (Phi) is 5.97. The van der Waals surface area contributed by atoms with E-state index in [0.29, 0.717) is 24.4 Å². The van der Waals surface area contributed by atoms with Crippen molar-refractivity contribution in [3.05, 3.63) is 47.7 Å². The number of methoxy groups -OCH3 is 1. The molecule has 0 amide bonds. The van der Waals surface area contributed by atoms with Gasteiger partial charge in [-0.2, -0.15) is 0 Å². The highest BCUT2D eigenvalue weighted by molar-refractivity contribution is 6.04. The average Bonchev–Trinajstić information content (AvgIpc) is 2.97. The van der Waals surface area contributed by atoms with Gasteiger partial charge in [0.15, 0.2) is 5.78 Å². The van der Waals surface area contributed by atoms with E-state index in [2.05, 4.69) is 18.7 Å². The lowest BCUT2D eigenvalue weighted by Crippen LogP contribution is -2.27. The van der Waals surface area contributed by atoms with Crippen LogP contribution in [0.1, 0.15) is 37.0 Å². The molecule has 0 spiro atoms. The molecule has 1 aliphatic rings. The van der Waals surface area contributed by atoms with E-state index in [4.69, 9.17) is 4.74 Å².